The van der Waals surface area contributed by atoms with E-state index in [0.29, 0.717) is 0 Å². The van der Waals surface area contributed by atoms with Crippen LogP contribution in [0.4, 0.5) is 0 Å². The van der Waals surface area contributed by atoms with Crippen LogP contribution in [0.2, 0.25) is 0 Å². The van der Waals surface area contributed by atoms with Gasteiger partial charge in [0.25, 0.3) is 0 Å². The van der Waals surface area contributed by atoms with E-state index in [0.717, 1.165) is 15.4 Å². The summed E-state index contributed by atoms with van der Waals surface area (Å²) in [7, 11) is 0. The Labute approximate surface area is 58.1 Å². The minimum atomic E-state index is -1.09. The molecule has 2 nitrogen and oxygen atoms in total. The van der Waals surface area contributed by atoms with Crippen LogP contribution in [0.25, 0.3) is 0 Å². The molecule has 8 heavy (non-hydrogen) atoms. The van der Waals surface area contributed by atoms with Crippen molar-refractivity contribution in [2.45, 2.75) is 0 Å². The standard InChI is InChI=1S/C5H13IN2/c1-2-3-6(8)4-5-7/h2H,1,3-5,7-8H2. The molecule has 0 radical (unpaired) electrons. The van der Waals surface area contributed by atoms with Gasteiger partial charge in [-0.05, 0) is 0 Å². The van der Waals surface area contributed by atoms with Crippen molar-refractivity contribution < 1.29 is 0 Å². The molecule has 0 rings (SSSR count). The fourth-order valence-corrected chi connectivity index (χ4v) is 2.40. The van der Waals surface area contributed by atoms with Crippen LogP contribution in [0.3, 0.4) is 0 Å². The van der Waals surface area contributed by atoms with E-state index < -0.39 is 20.1 Å². The Hall–Kier alpha value is 0.390. The normalized spacial score (nSPS) is 11.0. The second-order valence-electron chi connectivity index (χ2n) is 1.42. The summed E-state index contributed by atoms with van der Waals surface area (Å²) in [6, 6.07) is 0. The molecule has 0 aromatic rings. The van der Waals surface area contributed by atoms with Gasteiger partial charge in [0.2, 0.25) is 0 Å². The van der Waals surface area contributed by atoms with E-state index in [9.17, 15) is 0 Å². The first-order valence-electron chi connectivity index (χ1n) is 2.48. The summed E-state index contributed by atoms with van der Waals surface area (Å²) in [5, 5.41) is 0. The second kappa shape index (κ2) is 5.53. The van der Waals surface area contributed by atoms with Gasteiger partial charge in [0.1, 0.15) is 0 Å². The van der Waals surface area contributed by atoms with E-state index in [-0.39, 0.29) is 0 Å². The van der Waals surface area contributed by atoms with E-state index in [2.05, 4.69) is 6.58 Å². The molecule has 0 amide bonds. The number of alkyl halides is 2. The molecule has 0 saturated carbocycles. The predicted octanol–water partition coefficient (Wildman–Crippen LogP) is 0.511. The Morgan fingerprint density at radius 1 is 1.62 bits per heavy atom. The molecule has 4 N–H and O–H groups in total. The van der Waals surface area contributed by atoms with Crippen molar-refractivity contribution in [2.24, 2.45) is 9.68 Å². The fraction of sp³-hybridized carbons (Fsp3) is 0.600. The van der Waals surface area contributed by atoms with Crippen LogP contribution in [0.15, 0.2) is 12.7 Å². The third kappa shape index (κ3) is 4.55. The van der Waals surface area contributed by atoms with Crippen LogP contribution in [0.5, 0.6) is 0 Å². The van der Waals surface area contributed by atoms with Gasteiger partial charge in [-0.15, -0.1) is 0 Å². The van der Waals surface area contributed by atoms with Gasteiger partial charge < -0.3 is 0 Å². The first kappa shape index (κ1) is 8.39. The zero-order valence-electron chi connectivity index (χ0n) is 4.94. The summed E-state index contributed by atoms with van der Waals surface area (Å²) >= 11 is -1.09. The first-order valence-corrected chi connectivity index (χ1v) is 6.77. The van der Waals surface area contributed by atoms with Crippen LogP contribution in [-0.4, -0.2) is 15.4 Å². The molecule has 0 aliphatic heterocycles. The number of allylic oxidation sites excluding steroid dienone is 1. The van der Waals surface area contributed by atoms with Gasteiger partial charge in [0.05, 0.1) is 0 Å². The van der Waals surface area contributed by atoms with Gasteiger partial charge in [-0.25, -0.2) is 0 Å². The minimum absolute atomic E-state index is 0.745. The van der Waals surface area contributed by atoms with Crippen LogP contribution in [0, 0.1) is 0 Å². The molecule has 3 heteroatoms. The molecule has 0 fully saturated rings. The molecule has 0 aliphatic carbocycles. The molecular weight excluding hydrogens is 215 g/mol. The van der Waals surface area contributed by atoms with E-state index in [4.69, 9.17) is 9.68 Å². The van der Waals surface area contributed by atoms with Crippen molar-refractivity contribution in [3.63, 3.8) is 0 Å². The molecule has 0 aromatic heterocycles. The van der Waals surface area contributed by atoms with E-state index in [1.165, 1.54) is 0 Å². The molecule has 0 heterocycles. The monoisotopic (exact) mass is 228 g/mol. The third-order valence-corrected chi connectivity index (χ3v) is 4.42. The third-order valence-electron chi connectivity index (χ3n) is 0.659. The molecule has 0 saturated heterocycles. The van der Waals surface area contributed by atoms with Crippen LogP contribution in [-0.2, 0) is 0 Å². The number of hydrogen-bond donors (Lipinski definition) is 2. The number of hydrogen-bond acceptors (Lipinski definition) is 2. The molecule has 0 aliphatic rings. The summed E-state index contributed by atoms with van der Waals surface area (Å²) in [6.45, 7) is 4.35. The van der Waals surface area contributed by atoms with Crippen molar-refractivity contribution in [2.75, 3.05) is 15.4 Å². The predicted molar refractivity (Wildman–Crippen MR) is 47.2 cm³/mol. The van der Waals surface area contributed by atoms with Gasteiger partial charge in [0, 0.05) is 0 Å². The Balaban J connectivity index is 3.03. The summed E-state index contributed by atoms with van der Waals surface area (Å²) < 4.78 is 7.78. The van der Waals surface area contributed by atoms with E-state index >= 15 is 0 Å². The molecule has 0 spiro atoms. The Bertz CT molecular complexity index is 65.4. The Kier molecular flexibility index (Phi) is 5.79. The molecular formula is C5H13IN2. The number of nitrogens with two attached hydrogens (primary N) is 2. The van der Waals surface area contributed by atoms with Crippen molar-refractivity contribution in [1.82, 2.24) is 0 Å². The van der Waals surface area contributed by atoms with Crippen LogP contribution < -0.4 is 9.68 Å². The van der Waals surface area contributed by atoms with Gasteiger partial charge in [-0.3, -0.25) is 0 Å². The van der Waals surface area contributed by atoms with E-state index in [1.807, 2.05) is 6.08 Å². The molecule has 50 valence electrons. The van der Waals surface area contributed by atoms with Crippen molar-refractivity contribution >= 4 is 20.1 Å². The van der Waals surface area contributed by atoms with Crippen molar-refractivity contribution in [1.29, 1.82) is 0 Å². The average molecular weight is 228 g/mol. The maximum absolute atomic E-state index is 5.70. The Morgan fingerprint density at radius 2 is 2.25 bits per heavy atom. The van der Waals surface area contributed by atoms with Crippen molar-refractivity contribution in [3.05, 3.63) is 12.7 Å². The topological polar surface area (TPSA) is 52.0 Å². The zero-order chi connectivity index (χ0) is 6.41. The summed E-state index contributed by atoms with van der Waals surface area (Å²) in [5.74, 6) is 0. The van der Waals surface area contributed by atoms with Gasteiger partial charge >= 0.3 is 57.8 Å². The second-order valence-corrected chi connectivity index (χ2v) is 6.22. The first-order chi connectivity index (χ1) is 3.81. The molecule has 0 bridgehead atoms. The van der Waals surface area contributed by atoms with Crippen LogP contribution in [0.1, 0.15) is 0 Å². The quantitative estimate of drug-likeness (QED) is 0.319. The fourth-order valence-electron chi connectivity index (χ4n) is 0.357. The molecule has 0 aromatic carbocycles. The summed E-state index contributed by atoms with van der Waals surface area (Å²) in [4.78, 5) is 0. The summed E-state index contributed by atoms with van der Waals surface area (Å²) in [5.41, 5.74) is 5.28. The molecule has 0 unspecified atom stereocenters. The average Bonchev–Trinajstić information content (AvgIpc) is 1.68. The van der Waals surface area contributed by atoms with Gasteiger partial charge in [-0.2, -0.15) is 0 Å². The van der Waals surface area contributed by atoms with E-state index in [1.54, 1.807) is 0 Å². The van der Waals surface area contributed by atoms with Crippen LogP contribution >= 0.6 is 20.1 Å². The zero-order valence-corrected chi connectivity index (χ0v) is 7.10. The Morgan fingerprint density at radius 3 is 2.62 bits per heavy atom. The van der Waals surface area contributed by atoms with Gasteiger partial charge in [0.15, 0.2) is 0 Å². The summed E-state index contributed by atoms with van der Waals surface area (Å²) in [6.07, 6.45) is 1.89. The molecule has 0 atom stereocenters. The number of halogens is 1. The van der Waals surface area contributed by atoms with Gasteiger partial charge in [-0.1, -0.05) is 0 Å². The number of rotatable bonds is 4. The van der Waals surface area contributed by atoms with Crippen molar-refractivity contribution in [3.8, 4) is 0 Å². The maximum atomic E-state index is 5.70. The SMILES string of the molecule is C=CCI(N)CCN.